The highest BCUT2D eigenvalue weighted by Crippen LogP contribution is 2.24. The maximum absolute atomic E-state index is 5.89. The average molecular weight is 412 g/mol. The van der Waals surface area contributed by atoms with Gasteiger partial charge in [-0.05, 0) is 67.9 Å². The number of hydrogen-bond acceptors (Lipinski definition) is 4. The zero-order valence-corrected chi connectivity index (χ0v) is 19.0. The molecule has 4 nitrogen and oxygen atoms in total. The summed E-state index contributed by atoms with van der Waals surface area (Å²) >= 11 is 0. The molecule has 0 unspecified atom stereocenters. The highest BCUT2D eigenvalue weighted by atomic mass is 16.5. The van der Waals surface area contributed by atoms with Crippen LogP contribution in [0.15, 0.2) is 42.5 Å². The molecule has 0 atom stereocenters. The van der Waals surface area contributed by atoms with Gasteiger partial charge in [-0.15, -0.1) is 0 Å². The summed E-state index contributed by atoms with van der Waals surface area (Å²) in [5.41, 5.74) is 2.16. The van der Waals surface area contributed by atoms with Crippen molar-refractivity contribution in [3.8, 4) is 17.2 Å². The second-order valence-corrected chi connectivity index (χ2v) is 7.34. The molecule has 0 spiro atoms. The summed E-state index contributed by atoms with van der Waals surface area (Å²) in [6, 6.07) is 14.1. The maximum Gasteiger partial charge on any atom is 0.123 e. The van der Waals surface area contributed by atoms with Gasteiger partial charge >= 0.3 is 0 Å². The van der Waals surface area contributed by atoms with E-state index in [1.165, 1.54) is 25.8 Å². The lowest BCUT2D eigenvalue weighted by molar-refractivity contribution is 0.284. The number of benzene rings is 2. The number of nitrogens with zero attached hydrogens (tertiary/aromatic N) is 1. The number of ether oxygens (including phenoxy) is 3. The topological polar surface area (TPSA) is 30.9 Å². The van der Waals surface area contributed by atoms with Crippen LogP contribution in [0.2, 0.25) is 0 Å². The highest BCUT2D eigenvalue weighted by molar-refractivity contribution is 5.71. The molecular weight excluding hydrogens is 374 g/mol. The molecule has 164 valence electrons. The number of rotatable bonds is 14. The first kappa shape index (κ1) is 23.8. The third-order valence-electron chi connectivity index (χ3n) is 5.25. The predicted molar refractivity (Wildman–Crippen MR) is 127 cm³/mol. The molecule has 0 aliphatic heterocycles. The molecule has 2 rings (SSSR count). The minimum atomic E-state index is 0.782. The third kappa shape index (κ3) is 8.50. The third-order valence-corrected chi connectivity index (χ3v) is 5.25. The Bertz CT molecular complexity index is 729. The summed E-state index contributed by atoms with van der Waals surface area (Å²) in [6.07, 6.45) is 9.02. The summed E-state index contributed by atoms with van der Waals surface area (Å²) in [5, 5.41) is 0. The summed E-state index contributed by atoms with van der Waals surface area (Å²) in [6.45, 7) is 8.76. The predicted octanol–water partition coefficient (Wildman–Crippen LogP) is 6.16. The maximum atomic E-state index is 5.89. The van der Waals surface area contributed by atoms with Gasteiger partial charge in [-0.2, -0.15) is 0 Å². The van der Waals surface area contributed by atoms with Crippen molar-refractivity contribution in [3.63, 3.8) is 0 Å². The monoisotopic (exact) mass is 411 g/mol. The van der Waals surface area contributed by atoms with Gasteiger partial charge in [-0.3, -0.25) is 0 Å². The van der Waals surface area contributed by atoms with Crippen LogP contribution in [0.25, 0.3) is 12.2 Å². The Kier molecular flexibility index (Phi) is 10.9. The SMILES string of the molecule is CCN(CC)CCCCCCOc1ccc(/C=C/c2cc(OC)cc(OC)c2)cc1. The van der Waals surface area contributed by atoms with Crippen molar-refractivity contribution >= 4 is 12.2 Å². The van der Waals surface area contributed by atoms with Crippen LogP contribution in [0, 0.1) is 0 Å². The van der Waals surface area contributed by atoms with Gasteiger partial charge in [0.1, 0.15) is 17.2 Å². The fraction of sp³-hybridized carbons (Fsp3) is 0.462. The largest absolute Gasteiger partial charge is 0.497 e. The normalized spacial score (nSPS) is 11.2. The molecule has 0 N–H and O–H groups in total. The van der Waals surface area contributed by atoms with Crippen LogP contribution >= 0.6 is 0 Å². The van der Waals surface area contributed by atoms with Crippen LogP contribution < -0.4 is 14.2 Å². The van der Waals surface area contributed by atoms with E-state index in [1.807, 2.05) is 30.3 Å². The Hall–Kier alpha value is -2.46. The molecule has 0 aliphatic rings. The van der Waals surface area contributed by atoms with Crippen molar-refractivity contribution in [1.29, 1.82) is 0 Å². The van der Waals surface area contributed by atoms with E-state index in [0.717, 1.165) is 54.5 Å². The van der Waals surface area contributed by atoms with E-state index in [2.05, 4.69) is 43.0 Å². The lowest BCUT2D eigenvalue weighted by Gasteiger charge is -2.17. The van der Waals surface area contributed by atoms with Gasteiger partial charge in [0.05, 0.1) is 20.8 Å². The van der Waals surface area contributed by atoms with Crippen molar-refractivity contribution in [2.75, 3.05) is 40.5 Å². The second kappa shape index (κ2) is 13.7. The highest BCUT2D eigenvalue weighted by Gasteiger charge is 2.01. The number of unbranched alkanes of at least 4 members (excludes halogenated alkanes) is 3. The first-order chi connectivity index (χ1) is 14.7. The van der Waals surface area contributed by atoms with Gasteiger partial charge in [0, 0.05) is 6.07 Å². The quantitative estimate of drug-likeness (QED) is 0.275. The zero-order valence-electron chi connectivity index (χ0n) is 19.0. The van der Waals surface area contributed by atoms with Crippen molar-refractivity contribution < 1.29 is 14.2 Å². The molecular formula is C26H37NO3. The van der Waals surface area contributed by atoms with E-state index >= 15 is 0 Å². The van der Waals surface area contributed by atoms with Crippen molar-refractivity contribution in [1.82, 2.24) is 4.90 Å². The van der Waals surface area contributed by atoms with Gasteiger partial charge in [-0.25, -0.2) is 0 Å². The van der Waals surface area contributed by atoms with E-state index in [-0.39, 0.29) is 0 Å². The molecule has 2 aromatic carbocycles. The summed E-state index contributed by atoms with van der Waals surface area (Å²) in [5.74, 6) is 2.50. The Morgan fingerprint density at radius 1 is 0.700 bits per heavy atom. The smallest absolute Gasteiger partial charge is 0.123 e. The van der Waals surface area contributed by atoms with Crippen LogP contribution in [0.3, 0.4) is 0 Å². The molecule has 0 fully saturated rings. The van der Waals surface area contributed by atoms with Gasteiger partial charge in [0.2, 0.25) is 0 Å². The lowest BCUT2D eigenvalue weighted by atomic mass is 10.1. The molecule has 0 radical (unpaired) electrons. The Morgan fingerprint density at radius 3 is 1.90 bits per heavy atom. The van der Waals surface area contributed by atoms with Crippen LogP contribution in [0.1, 0.15) is 50.7 Å². The number of methoxy groups -OCH3 is 2. The Labute approximate surface area is 182 Å². The molecule has 4 heteroatoms. The van der Waals surface area contributed by atoms with Crippen LogP contribution in [-0.2, 0) is 0 Å². The van der Waals surface area contributed by atoms with Crippen molar-refractivity contribution in [2.45, 2.75) is 39.5 Å². The fourth-order valence-corrected chi connectivity index (χ4v) is 3.31. The molecule has 0 amide bonds. The molecule has 0 aliphatic carbocycles. The summed E-state index contributed by atoms with van der Waals surface area (Å²) < 4.78 is 16.5. The van der Waals surface area contributed by atoms with Gasteiger partial charge in [0.15, 0.2) is 0 Å². The summed E-state index contributed by atoms with van der Waals surface area (Å²) in [4.78, 5) is 2.48. The van der Waals surface area contributed by atoms with Crippen LogP contribution in [-0.4, -0.2) is 45.4 Å². The van der Waals surface area contributed by atoms with E-state index in [4.69, 9.17) is 14.2 Å². The van der Waals surface area contributed by atoms with Crippen LogP contribution in [0.4, 0.5) is 0 Å². The van der Waals surface area contributed by atoms with E-state index in [9.17, 15) is 0 Å². The van der Waals surface area contributed by atoms with Gasteiger partial charge in [0.25, 0.3) is 0 Å². The standard InChI is InChI=1S/C26H37NO3/c1-5-27(6-2)17-9-7-8-10-18-30-24-15-13-22(14-16-24)11-12-23-19-25(28-3)21-26(20-23)29-4/h11-16,19-21H,5-10,17-18H2,1-4H3/b12-11+. The molecule has 0 bridgehead atoms. The Balaban J connectivity index is 1.73. The molecule has 30 heavy (non-hydrogen) atoms. The van der Waals surface area contributed by atoms with Crippen LogP contribution in [0.5, 0.6) is 17.2 Å². The lowest BCUT2D eigenvalue weighted by Crippen LogP contribution is -2.23. The molecule has 0 heterocycles. The van der Waals surface area contributed by atoms with Gasteiger partial charge < -0.3 is 19.1 Å². The molecule has 2 aromatic rings. The minimum absolute atomic E-state index is 0.782. The van der Waals surface area contributed by atoms with E-state index in [0.29, 0.717) is 0 Å². The fourth-order valence-electron chi connectivity index (χ4n) is 3.31. The zero-order chi connectivity index (χ0) is 21.6. The minimum Gasteiger partial charge on any atom is -0.497 e. The van der Waals surface area contributed by atoms with E-state index < -0.39 is 0 Å². The molecule has 0 aromatic heterocycles. The first-order valence-corrected chi connectivity index (χ1v) is 11.0. The van der Waals surface area contributed by atoms with Gasteiger partial charge in [-0.1, -0.05) is 51.0 Å². The summed E-state index contributed by atoms with van der Waals surface area (Å²) in [7, 11) is 3.32. The number of hydrogen-bond donors (Lipinski definition) is 0. The Morgan fingerprint density at radius 2 is 1.30 bits per heavy atom. The average Bonchev–Trinajstić information content (AvgIpc) is 2.80. The molecule has 0 saturated carbocycles. The van der Waals surface area contributed by atoms with Crippen molar-refractivity contribution in [2.24, 2.45) is 0 Å². The first-order valence-electron chi connectivity index (χ1n) is 11.0. The second-order valence-electron chi connectivity index (χ2n) is 7.34. The van der Waals surface area contributed by atoms with E-state index in [1.54, 1.807) is 14.2 Å². The molecule has 0 saturated heterocycles. The van der Waals surface area contributed by atoms with Crippen molar-refractivity contribution in [3.05, 3.63) is 53.6 Å².